The number of hydrogen-bond acceptors (Lipinski definition) is 8. The van der Waals surface area contributed by atoms with Crippen LogP contribution < -0.4 is 24.8 Å². The summed E-state index contributed by atoms with van der Waals surface area (Å²) in [6.45, 7) is 8.99. The molecule has 0 saturated heterocycles. The van der Waals surface area contributed by atoms with Gasteiger partial charge in [-0.25, -0.2) is 0 Å². The number of anilines is 2. The van der Waals surface area contributed by atoms with Crippen molar-refractivity contribution in [1.29, 1.82) is 0 Å². The second-order valence-electron chi connectivity index (χ2n) is 11.1. The van der Waals surface area contributed by atoms with Crippen molar-refractivity contribution in [3.63, 3.8) is 0 Å². The van der Waals surface area contributed by atoms with Gasteiger partial charge in [-0.2, -0.15) is 0 Å². The maximum absolute atomic E-state index is 9.62. The summed E-state index contributed by atoms with van der Waals surface area (Å²) < 4.78 is 17.8. The molecule has 0 spiro atoms. The minimum Gasteiger partial charge on any atom is -0.493 e. The average Bonchev–Trinajstić information content (AvgIpc) is 2.98. The van der Waals surface area contributed by atoms with Gasteiger partial charge in [0.05, 0.1) is 31.4 Å². The van der Waals surface area contributed by atoms with Gasteiger partial charge in [-0.3, -0.25) is 4.98 Å². The number of ether oxygens (including phenoxy) is 3. The third-order valence-electron chi connectivity index (χ3n) is 7.25. The predicted molar refractivity (Wildman–Crippen MR) is 164 cm³/mol. The molecule has 0 aliphatic rings. The first-order valence-corrected chi connectivity index (χ1v) is 13.9. The molecule has 0 aliphatic carbocycles. The van der Waals surface area contributed by atoms with Gasteiger partial charge in [0.25, 0.3) is 0 Å². The number of hydrogen-bond donors (Lipinski definition) is 4. The summed E-state index contributed by atoms with van der Waals surface area (Å²) >= 11 is 0. The second kappa shape index (κ2) is 13.2. The molecule has 3 aromatic carbocycles. The van der Waals surface area contributed by atoms with E-state index in [2.05, 4.69) is 60.7 Å². The molecule has 218 valence electrons. The van der Waals surface area contributed by atoms with E-state index in [0.29, 0.717) is 48.1 Å². The van der Waals surface area contributed by atoms with Gasteiger partial charge in [-0.15, -0.1) is 0 Å². The highest BCUT2D eigenvalue weighted by atomic mass is 16.5. The molecule has 8 nitrogen and oxygen atoms in total. The molecule has 0 bridgehead atoms. The van der Waals surface area contributed by atoms with Gasteiger partial charge >= 0.3 is 0 Å². The van der Waals surface area contributed by atoms with E-state index < -0.39 is 5.54 Å². The van der Waals surface area contributed by atoms with Crippen LogP contribution in [0.5, 0.6) is 23.0 Å². The number of aliphatic hydroxyl groups excluding tert-OH is 2. The molecule has 1 heterocycles. The molecule has 0 atom stereocenters. The molecule has 4 aromatic rings. The van der Waals surface area contributed by atoms with Crippen LogP contribution in [0.3, 0.4) is 0 Å². The van der Waals surface area contributed by atoms with E-state index in [-0.39, 0.29) is 18.6 Å². The van der Waals surface area contributed by atoms with Crippen molar-refractivity contribution in [2.75, 3.05) is 38.8 Å². The Kier molecular flexibility index (Phi) is 9.70. The van der Waals surface area contributed by atoms with Crippen LogP contribution in [-0.2, 0) is 5.41 Å². The molecule has 0 amide bonds. The third kappa shape index (κ3) is 7.47. The number of benzene rings is 3. The molecule has 8 heteroatoms. The number of pyridine rings is 1. The topological polar surface area (TPSA) is 105 Å². The van der Waals surface area contributed by atoms with Crippen LogP contribution in [0.4, 0.5) is 11.4 Å². The summed E-state index contributed by atoms with van der Waals surface area (Å²) in [5.41, 5.74) is 3.39. The van der Waals surface area contributed by atoms with E-state index in [1.165, 1.54) is 5.56 Å². The Morgan fingerprint density at radius 3 is 2.07 bits per heavy atom. The third-order valence-corrected chi connectivity index (χ3v) is 7.25. The number of nitrogens with zero attached hydrogens (tertiary/aromatic N) is 1. The maximum Gasteiger partial charge on any atom is 0.163 e. The minimum atomic E-state index is -0.726. The monoisotopic (exact) mass is 559 g/mol. The van der Waals surface area contributed by atoms with Gasteiger partial charge in [0.15, 0.2) is 11.5 Å². The quantitative estimate of drug-likeness (QED) is 0.144. The van der Waals surface area contributed by atoms with Gasteiger partial charge in [0.1, 0.15) is 18.1 Å². The number of aromatic nitrogens is 1. The zero-order chi connectivity index (χ0) is 29.5. The van der Waals surface area contributed by atoms with Crippen LogP contribution >= 0.6 is 0 Å². The first-order chi connectivity index (χ1) is 19.7. The van der Waals surface area contributed by atoms with Crippen LogP contribution in [0, 0.1) is 0 Å². The number of rotatable bonds is 13. The number of aliphatic hydroxyl groups is 2. The van der Waals surface area contributed by atoms with Crippen molar-refractivity contribution >= 4 is 22.3 Å². The zero-order valence-electron chi connectivity index (χ0n) is 24.5. The van der Waals surface area contributed by atoms with E-state index in [4.69, 9.17) is 14.2 Å². The van der Waals surface area contributed by atoms with Crippen molar-refractivity contribution in [3.05, 3.63) is 78.5 Å². The maximum atomic E-state index is 9.62. The van der Waals surface area contributed by atoms with Gasteiger partial charge in [0, 0.05) is 35.6 Å². The fourth-order valence-corrected chi connectivity index (χ4v) is 4.43. The van der Waals surface area contributed by atoms with Crippen molar-refractivity contribution in [3.8, 4) is 23.0 Å². The standard InChI is InChI=1S/C33H41N3O5/c1-6-33(21-37,22-38)35-17-18-40-31-20-28-27(19-30(31)39-5)29(15-16-34-28)41-26-13-11-25(12-14-26)36-24-9-7-23(8-10-24)32(2,3)4/h7-16,19-20,35-38H,6,17-18,21-22H2,1-5H3. The number of fused-ring (bicyclic) bond motifs is 1. The fraction of sp³-hybridized carbons (Fsp3) is 0.364. The summed E-state index contributed by atoms with van der Waals surface area (Å²) in [6, 6.07) is 21.8. The van der Waals surface area contributed by atoms with Gasteiger partial charge in [-0.05, 0) is 65.9 Å². The van der Waals surface area contributed by atoms with E-state index in [1.54, 1.807) is 13.3 Å². The lowest BCUT2D eigenvalue weighted by atomic mass is 9.87. The van der Waals surface area contributed by atoms with Crippen LogP contribution in [0.2, 0.25) is 0 Å². The molecule has 0 unspecified atom stereocenters. The summed E-state index contributed by atoms with van der Waals surface area (Å²) in [4.78, 5) is 4.50. The summed E-state index contributed by atoms with van der Waals surface area (Å²) in [5.74, 6) is 2.45. The van der Waals surface area contributed by atoms with Gasteiger partial charge < -0.3 is 35.1 Å². The molecular weight excluding hydrogens is 518 g/mol. The highest BCUT2D eigenvalue weighted by molar-refractivity contribution is 5.88. The Morgan fingerprint density at radius 2 is 1.49 bits per heavy atom. The molecule has 0 saturated carbocycles. The number of nitrogens with one attached hydrogen (secondary N) is 2. The first-order valence-electron chi connectivity index (χ1n) is 13.9. The minimum absolute atomic E-state index is 0.119. The second-order valence-corrected chi connectivity index (χ2v) is 11.1. The van der Waals surface area contributed by atoms with Crippen LogP contribution in [0.25, 0.3) is 10.9 Å². The first kappa shape index (κ1) is 30.1. The lowest BCUT2D eigenvalue weighted by molar-refractivity contribution is 0.0843. The lowest BCUT2D eigenvalue weighted by Crippen LogP contribution is -2.52. The van der Waals surface area contributed by atoms with Crippen molar-refractivity contribution in [2.45, 2.75) is 45.1 Å². The normalized spacial score (nSPS) is 11.9. The Labute approximate surface area is 242 Å². The molecule has 4 N–H and O–H groups in total. The van der Waals surface area contributed by atoms with Gasteiger partial charge in [-0.1, -0.05) is 39.8 Å². The van der Waals surface area contributed by atoms with Gasteiger partial charge in [0.2, 0.25) is 0 Å². The molecule has 41 heavy (non-hydrogen) atoms. The summed E-state index contributed by atoms with van der Waals surface area (Å²) in [5, 5.41) is 26.7. The molecule has 0 fully saturated rings. The average molecular weight is 560 g/mol. The van der Waals surface area contributed by atoms with Crippen molar-refractivity contribution in [1.82, 2.24) is 10.3 Å². The largest absolute Gasteiger partial charge is 0.493 e. The van der Waals surface area contributed by atoms with E-state index >= 15 is 0 Å². The molecule has 4 rings (SSSR count). The zero-order valence-corrected chi connectivity index (χ0v) is 24.5. The highest BCUT2D eigenvalue weighted by Gasteiger charge is 2.25. The van der Waals surface area contributed by atoms with Crippen LogP contribution in [0.1, 0.15) is 39.7 Å². The van der Waals surface area contributed by atoms with E-state index in [1.807, 2.05) is 49.4 Å². The summed E-state index contributed by atoms with van der Waals surface area (Å²) in [7, 11) is 1.59. The predicted octanol–water partition coefficient (Wildman–Crippen LogP) is 6.18. The molecule has 1 aromatic heterocycles. The highest BCUT2D eigenvalue weighted by Crippen LogP contribution is 2.37. The van der Waals surface area contributed by atoms with Crippen LogP contribution in [0.15, 0.2) is 72.9 Å². The Bertz CT molecular complexity index is 1400. The van der Waals surface area contributed by atoms with Crippen LogP contribution in [-0.4, -0.2) is 54.2 Å². The molecule has 0 radical (unpaired) electrons. The Morgan fingerprint density at radius 1 is 0.829 bits per heavy atom. The van der Waals surface area contributed by atoms with E-state index in [9.17, 15) is 10.2 Å². The smallest absolute Gasteiger partial charge is 0.163 e. The van der Waals surface area contributed by atoms with E-state index in [0.717, 1.165) is 16.8 Å². The Balaban J connectivity index is 1.44. The van der Waals surface area contributed by atoms with Crippen molar-refractivity contribution in [2.24, 2.45) is 0 Å². The lowest BCUT2D eigenvalue weighted by Gasteiger charge is -2.29. The molecule has 0 aliphatic heterocycles. The van der Waals surface area contributed by atoms with Crippen molar-refractivity contribution < 1.29 is 24.4 Å². The molecular formula is C33H41N3O5. The summed E-state index contributed by atoms with van der Waals surface area (Å²) in [6.07, 6.45) is 2.29. The Hall–Kier alpha value is -3.85. The SMILES string of the molecule is CCC(CO)(CO)NCCOc1cc2nccc(Oc3ccc(Nc4ccc(C(C)(C)C)cc4)cc3)c2cc1OC. The number of methoxy groups -OCH3 is 1. The fourth-order valence-electron chi connectivity index (χ4n) is 4.43.